The predicted octanol–water partition coefficient (Wildman–Crippen LogP) is 5.21. The Morgan fingerprint density at radius 1 is 0.906 bits per heavy atom. The maximum atomic E-state index is 13.3. The minimum Gasteiger partial charge on any atom is -0.273 e. The molecule has 32 heavy (non-hydrogen) atoms. The van der Waals surface area contributed by atoms with Gasteiger partial charge in [0.25, 0.3) is 11.8 Å². The molecule has 6 heteroatoms. The third-order valence-corrected chi connectivity index (χ3v) is 5.76. The van der Waals surface area contributed by atoms with Crippen molar-refractivity contribution in [3.05, 3.63) is 105 Å². The molecule has 3 aromatic carbocycles. The number of barbiturate groups is 1. The summed E-state index contributed by atoms with van der Waals surface area (Å²) in [6.07, 6.45) is 2.07. The van der Waals surface area contributed by atoms with Gasteiger partial charge in [-0.3, -0.25) is 14.9 Å². The van der Waals surface area contributed by atoms with Gasteiger partial charge >= 0.3 is 6.03 Å². The van der Waals surface area contributed by atoms with Gasteiger partial charge in [0.15, 0.2) is 0 Å². The monoisotopic (exact) mass is 444 g/mol. The fourth-order valence-corrected chi connectivity index (χ4v) is 3.97. The number of carbonyl (C=O) groups excluding carboxylic acids is 3. The Morgan fingerprint density at radius 3 is 2.31 bits per heavy atom. The molecule has 0 spiro atoms. The zero-order valence-electron chi connectivity index (χ0n) is 17.7. The zero-order valence-corrected chi connectivity index (χ0v) is 18.4. The molecule has 4 amide bonds. The Bertz CT molecular complexity index is 1280. The first-order valence-corrected chi connectivity index (χ1v) is 10.5. The standard InChI is InChI=1S/C26H21ClN2O3/c1-16-11-12-23(17(2)13-16)29-25(31)21(24(30)28-26(29)32)15-19-8-4-3-7-18(19)14-20-9-5-6-10-22(20)27/h3-13,15H,14H2,1-2H3,(H,28,30,32)/b21-15+. The van der Waals surface area contributed by atoms with E-state index in [9.17, 15) is 14.4 Å². The highest BCUT2D eigenvalue weighted by Crippen LogP contribution is 2.27. The number of urea groups is 1. The van der Waals surface area contributed by atoms with Gasteiger partial charge in [-0.05, 0) is 60.7 Å². The number of carbonyl (C=O) groups is 3. The molecule has 1 N–H and O–H groups in total. The lowest BCUT2D eigenvalue weighted by molar-refractivity contribution is -0.122. The van der Waals surface area contributed by atoms with Crippen molar-refractivity contribution in [2.24, 2.45) is 0 Å². The van der Waals surface area contributed by atoms with Gasteiger partial charge in [0, 0.05) is 5.02 Å². The zero-order chi connectivity index (χ0) is 22.8. The first-order valence-electron chi connectivity index (χ1n) is 10.1. The Kier molecular flexibility index (Phi) is 5.93. The number of halogens is 1. The average Bonchev–Trinajstić information content (AvgIpc) is 2.75. The van der Waals surface area contributed by atoms with E-state index in [1.165, 1.54) is 6.08 Å². The number of hydrogen-bond donors (Lipinski definition) is 1. The largest absolute Gasteiger partial charge is 0.335 e. The molecule has 1 aliphatic heterocycles. The molecular weight excluding hydrogens is 424 g/mol. The molecule has 4 rings (SSSR count). The van der Waals surface area contributed by atoms with Crippen LogP contribution in [0.3, 0.4) is 0 Å². The van der Waals surface area contributed by atoms with Gasteiger partial charge < -0.3 is 0 Å². The van der Waals surface area contributed by atoms with Crippen molar-refractivity contribution < 1.29 is 14.4 Å². The molecular formula is C26H21ClN2O3. The van der Waals surface area contributed by atoms with Crippen LogP contribution in [-0.4, -0.2) is 17.8 Å². The van der Waals surface area contributed by atoms with Gasteiger partial charge in [0.2, 0.25) is 0 Å². The number of rotatable bonds is 4. The third kappa shape index (κ3) is 4.20. The average molecular weight is 445 g/mol. The fourth-order valence-electron chi connectivity index (χ4n) is 3.77. The summed E-state index contributed by atoms with van der Waals surface area (Å²) in [5, 5.41) is 2.93. The molecule has 5 nitrogen and oxygen atoms in total. The van der Waals surface area contributed by atoms with Crippen LogP contribution in [0.5, 0.6) is 0 Å². The number of imide groups is 2. The highest BCUT2D eigenvalue weighted by molar-refractivity contribution is 6.39. The number of amides is 4. The van der Waals surface area contributed by atoms with Crippen molar-refractivity contribution in [3.8, 4) is 0 Å². The van der Waals surface area contributed by atoms with Crippen molar-refractivity contribution in [2.75, 3.05) is 4.90 Å². The molecule has 0 saturated carbocycles. The van der Waals surface area contributed by atoms with Crippen molar-refractivity contribution in [3.63, 3.8) is 0 Å². The Labute approximate surface area is 191 Å². The molecule has 1 heterocycles. The molecule has 0 aromatic heterocycles. The molecule has 160 valence electrons. The number of hydrogen-bond acceptors (Lipinski definition) is 3. The van der Waals surface area contributed by atoms with Crippen LogP contribution in [0, 0.1) is 13.8 Å². The first-order chi connectivity index (χ1) is 15.3. The number of anilines is 1. The van der Waals surface area contributed by atoms with Crippen LogP contribution in [0.25, 0.3) is 6.08 Å². The lowest BCUT2D eigenvalue weighted by Crippen LogP contribution is -2.54. The van der Waals surface area contributed by atoms with Crippen LogP contribution in [-0.2, 0) is 16.0 Å². The summed E-state index contributed by atoms with van der Waals surface area (Å²) in [4.78, 5) is 39.4. The molecule has 0 aliphatic carbocycles. The van der Waals surface area contributed by atoms with Gasteiger partial charge in [-0.25, -0.2) is 9.69 Å². The number of nitrogens with one attached hydrogen (secondary N) is 1. The molecule has 0 bridgehead atoms. The summed E-state index contributed by atoms with van der Waals surface area (Å²) in [5.74, 6) is -1.37. The van der Waals surface area contributed by atoms with Crippen LogP contribution in [0.15, 0.2) is 72.3 Å². The van der Waals surface area contributed by atoms with E-state index in [2.05, 4.69) is 5.32 Å². The smallest absolute Gasteiger partial charge is 0.273 e. The Balaban J connectivity index is 1.74. The molecule has 0 radical (unpaired) electrons. The molecule has 3 aromatic rings. The van der Waals surface area contributed by atoms with Crippen molar-refractivity contribution in [1.82, 2.24) is 5.32 Å². The van der Waals surface area contributed by atoms with E-state index < -0.39 is 17.8 Å². The van der Waals surface area contributed by atoms with E-state index in [1.54, 1.807) is 6.07 Å². The van der Waals surface area contributed by atoms with Crippen molar-refractivity contribution in [2.45, 2.75) is 20.3 Å². The number of benzene rings is 3. The third-order valence-electron chi connectivity index (χ3n) is 5.39. The van der Waals surface area contributed by atoms with Crippen LogP contribution >= 0.6 is 11.6 Å². The van der Waals surface area contributed by atoms with Gasteiger partial charge in [-0.1, -0.05) is 71.8 Å². The lowest BCUT2D eigenvalue weighted by atomic mass is 9.97. The van der Waals surface area contributed by atoms with Crippen LogP contribution < -0.4 is 10.2 Å². The quantitative estimate of drug-likeness (QED) is 0.443. The molecule has 0 unspecified atom stereocenters. The summed E-state index contributed by atoms with van der Waals surface area (Å²) in [6.45, 7) is 3.75. The van der Waals surface area contributed by atoms with Crippen molar-refractivity contribution >= 4 is 41.2 Å². The summed E-state index contributed by atoms with van der Waals surface area (Å²) in [5.41, 5.74) is 4.67. The Morgan fingerprint density at radius 2 is 1.59 bits per heavy atom. The summed E-state index contributed by atoms with van der Waals surface area (Å²) < 4.78 is 0. The summed E-state index contributed by atoms with van der Waals surface area (Å²) in [6, 6.07) is 19.7. The second kappa shape index (κ2) is 8.81. The van der Waals surface area contributed by atoms with E-state index in [4.69, 9.17) is 11.6 Å². The topological polar surface area (TPSA) is 66.5 Å². The Hall–Kier alpha value is -3.70. The van der Waals surface area contributed by atoms with Crippen LogP contribution in [0.2, 0.25) is 5.02 Å². The first kappa shape index (κ1) is 21.5. The van der Waals surface area contributed by atoms with Gasteiger partial charge in [-0.2, -0.15) is 0 Å². The van der Waals surface area contributed by atoms with E-state index in [0.29, 0.717) is 22.7 Å². The predicted molar refractivity (Wildman–Crippen MR) is 126 cm³/mol. The second-order valence-corrected chi connectivity index (χ2v) is 8.12. The van der Waals surface area contributed by atoms with E-state index in [1.807, 2.05) is 74.5 Å². The highest BCUT2D eigenvalue weighted by Gasteiger charge is 2.37. The number of aryl methyl sites for hydroxylation is 2. The summed E-state index contributed by atoms with van der Waals surface area (Å²) in [7, 11) is 0. The lowest BCUT2D eigenvalue weighted by Gasteiger charge is -2.27. The van der Waals surface area contributed by atoms with E-state index >= 15 is 0 Å². The maximum absolute atomic E-state index is 13.3. The number of nitrogens with zero attached hydrogens (tertiary/aromatic N) is 1. The minimum absolute atomic E-state index is 0.101. The van der Waals surface area contributed by atoms with Crippen molar-refractivity contribution in [1.29, 1.82) is 0 Å². The highest BCUT2D eigenvalue weighted by atomic mass is 35.5. The van der Waals surface area contributed by atoms with Gasteiger partial charge in [0.05, 0.1) is 5.69 Å². The van der Waals surface area contributed by atoms with Crippen LogP contribution in [0.4, 0.5) is 10.5 Å². The SMILES string of the molecule is Cc1ccc(N2C(=O)NC(=O)/C(=C\c3ccccc3Cc3ccccc3Cl)C2=O)c(C)c1. The van der Waals surface area contributed by atoms with Gasteiger partial charge in [0.1, 0.15) is 5.57 Å². The van der Waals surface area contributed by atoms with E-state index in [-0.39, 0.29) is 5.57 Å². The molecule has 1 fully saturated rings. The molecule has 1 aliphatic rings. The maximum Gasteiger partial charge on any atom is 0.335 e. The second-order valence-electron chi connectivity index (χ2n) is 7.71. The summed E-state index contributed by atoms with van der Waals surface area (Å²) >= 11 is 6.32. The van der Waals surface area contributed by atoms with Crippen LogP contribution in [0.1, 0.15) is 27.8 Å². The molecule has 0 atom stereocenters. The normalized spacial score (nSPS) is 15.3. The minimum atomic E-state index is -0.756. The van der Waals surface area contributed by atoms with Gasteiger partial charge in [-0.15, -0.1) is 0 Å². The van der Waals surface area contributed by atoms with E-state index in [0.717, 1.165) is 27.2 Å². The fraction of sp³-hybridized carbons (Fsp3) is 0.115. The molecule has 1 saturated heterocycles.